The standard InChI is InChI=1S/C20H28N2/c1-2-10-22(11-3-1)19-8-6-17(7-9-19)20-12-18(20)14-21(15-20)13-16-4-5-16/h6-9,16,18H,1-5,10-15H2/t18-,20+/m1/s1. The Balaban J connectivity index is 1.29. The monoisotopic (exact) mass is 296 g/mol. The molecule has 2 aliphatic carbocycles. The highest BCUT2D eigenvalue weighted by Gasteiger charge is 2.60. The van der Waals surface area contributed by atoms with Crippen LogP contribution in [0, 0.1) is 11.8 Å². The molecule has 1 aromatic carbocycles. The molecule has 22 heavy (non-hydrogen) atoms. The minimum Gasteiger partial charge on any atom is -0.372 e. The molecule has 0 radical (unpaired) electrons. The van der Waals surface area contributed by atoms with E-state index in [9.17, 15) is 0 Å². The lowest BCUT2D eigenvalue weighted by Crippen LogP contribution is -2.29. The summed E-state index contributed by atoms with van der Waals surface area (Å²) in [5, 5.41) is 0. The smallest absolute Gasteiger partial charge is 0.0366 e. The normalized spacial score (nSPS) is 34.7. The van der Waals surface area contributed by atoms with E-state index in [2.05, 4.69) is 34.1 Å². The van der Waals surface area contributed by atoms with Crippen LogP contribution in [0.2, 0.25) is 0 Å². The Kier molecular flexibility index (Phi) is 3.04. The predicted octanol–water partition coefficient (Wildman–Crippen LogP) is 3.66. The van der Waals surface area contributed by atoms with Crippen molar-refractivity contribution >= 4 is 5.69 Å². The van der Waals surface area contributed by atoms with E-state index < -0.39 is 0 Å². The summed E-state index contributed by atoms with van der Waals surface area (Å²) < 4.78 is 0. The lowest BCUT2D eigenvalue weighted by atomic mass is 9.94. The molecule has 118 valence electrons. The third-order valence-corrected chi connectivity index (χ3v) is 6.59. The molecule has 1 aromatic rings. The van der Waals surface area contributed by atoms with Gasteiger partial charge in [-0.05, 0) is 68.1 Å². The molecule has 5 rings (SSSR count). The van der Waals surface area contributed by atoms with Crippen molar-refractivity contribution in [1.29, 1.82) is 0 Å². The van der Waals surface area contributed by atoms with Crippen LogP contribution < -0.4 is 4.90 Å². The average Bonchev–Trinajstić information content (AvgIpc) is 3.48. The van der Waals surface area contributed by atoms with Gasteiger partial charge in [-0.3, -0.25) is 0 Å². The maximum absolute atomic E-state index is 2.75. The molecule has 0 N–H and O–H groups in total. The molecule has 2 saturated heterocycles. The van der Waals surface area contributed by atoms with Crippen LogP contribution in [0.15, 0.2) is 24.3 Å². The van der Waals surface area contributed by atoms with E-state index in [1.54, 1.807) is 5.56 Å². The molecule has 4 aliphatic rings. The van der Waals surface area contributed by atoms with Crippen molar-refractivity contribution in [2.24, 2.45) is 11.8 Å². The zero-order valence-electron chi connectivity index (χ0n) is 13.6. The average molecular weight is 296 g/mol. The van der Waals surface area contributed by atoms with Gasteiger partial charge in [-0.1, -0.05) is 12.1 Å². The quantitative estimate of drug-likeness (QED) is 0.836. The zero-order valence-corrected chi connectivity index (χ0v) is 13.6. The fourth-order valence-corrected chi connectivity index (χ4v) is 4.99. The predicted molar refractivity (Wildman–Crippen MR) is 91.5 cm³/mol. The lowest BCUT2D eigenvalue weighted by Gasteiger charge is -2.29. The number of hydrogen-bond donors (Lipinski definition) is 0. The van der Waals surface area contributed by atoms with Gasteiger partial charge in [0.05, 0.1) is 0 Å². The second-order valence-corrected chi connectivity index (χ2v) is 8.29. The van der Waals surface area contributed by atoms with E-state index in [1.807, 2.05) is 0 Å². The summed E-state index contributed by atoms with van der Waals surface area (Å²) in [7, 11) is 0. The third kappa shape index (κ3) is 2.27. The molecule has 4 fully saturated rings. The molecule has 2 heterocycles. The Morgan fingerprint density at radius 2 is 1.77 bits per heavy atom. The van der Waals surface area contributed by atoms with Crippen molar-refractivity contribution in [3.05, 3.63) is 29.8 Å². The van der Waals surface area contributed by atoms with Crippen molar-refractivity contribution in [3.8, 4) is 0 Å². The highest BCUT2D eigenvalue weighted by molar-refractivity contribution is 5.50. The number of fused-ring (bicyclic) bond motifs is 1. The number of likely N-dealkylation sites (tertiary alicyclic amines) is 1. The van der Waals surface area contributed by atoms with Gasteiger partial charge >= 0.3 is 0 Å². The molecule has 2 nitrogen and oxygen atoms in total. The van der Waals surface area contributed by atoms with Gasteiger partial charge in [0.15, 0.2) is 0 Å². The molecular formula is C20H28N2. The molecule has 2 atom stereocenters. The van der Waals surface area contributed by atoms with Gasteiger partial charge < -0.3 is 9.80 Å². The van der Waals surface area contributed by atoms with Crippen molar-refractivity contribution in [1.82, 2.24) is 4.90 Å². The Bertz CT molecular complexity index is 541. The summed E-state index contributed by atoms with van der Waals surface area (Å²) in [5.41, 5.74) is 3.61. The van der Waals surface area contributed by atoms with Gasteiger partial charge in [-0.25, -0.2) is 0 Å². The molecule has 2 saturated carbocycles. The second kappa shape index (κ2) is 4.99. The van der Waals surface area contributed by atoms with Crippen LogP contribution in [0.25, 0.3) is 0 Å². The number of rotatable bonds is 4. The van der Waals surface area contributed by atoms with Gasteiger partial charge in [0.1, 0.15) is 0 Å². The van der Waals surface area contributed by atoms with Crippen molar-refractivity contribution in [2.75, 3.05) is 37.6 Å². The first-order chi connectivity index (χ1) is 10.8. The molecule has 0 amide bonds. The Labute approximate surface area is 134 Å². The minimum absolute atomic E-state index is 0.537. The first-order valence-electron chi connectivity index (χ1n) is 9.41. The van der Waals surface area contributed by atoms with Crippen LogP contribution in [0.3, 0.4) is 0 Å². The highest BCUT2D eigenvalue weighted by atomic mass is 15.2. The molecule has 0 bridgehead atoms. The molecular weight excluding hydrogens is 268 g/mol. The summed E-state index contributed by atoms with van der Waals surface area (Å²) >= 11 is 0. The second-order valence-electron chi connectivity index (χ2n) is 8.29. The fourth-order valence-electron chi connectivity index (χ4n) is 4.99. The summed E-state index contributed by atoms with van der Waals surface area (Å²) in [5.74, 6) is 1.99. The van der Waals surface area contributed by atoms with E-state index in [-0.39, 0.29) is 0 Å². The van der Waals surface area contributed by atoms with Gasteiger partial charge in [-0.2, -0.15) is 0 Å². The summed E-state index contributed by atoms with van der Waals surface area (Å²) in [6.07, 6.45) is 8.55. The summed E-state index contributed by atoms with van der Waals surface area (Å²) in [4.78, 5) is 5.33. The van der Waals surface area contributed by atoms with Crippen LogP contribution in [-0.4, -0.2) is 37.6 Å². The van der Waals surface area contributed by atoms with Crippen molar-refractivity contribution < 1.29 is 0 Å². The van der Waals surface area contributed by atoms with Gasteiger partial charge in [0, 0.05) is 43.8 Å². The maximum atomic E-state index is 2.75. The molecule has 0 aromatic heterocycles. The lowest BCUT2D eigenvalue weighted by molar-refractivity contribution is 0.286. The number of hydrogen-bond acceptors (Lipinski definition) is 2. The minimum atomic E-state index is 0.537. The van der Waals surface area contributed by atoms with Crippen molar-refractivity contribution in [2.45, 2.75) is 43.9 Å². The van der Waals surface area contributed by atoms with Gasteiger partial charge in [-0.15, -0.1) is 0 Å². The van der Waals surface area contributed by atoms with Gasteiger partial charge in [0.2, 0.25) is 0 Å². The zero-order chi connectivity index (χ0) is 14.6. The van der Waals surface area contributed by atoms with E-state index in [1.165, 1.54) is 76.9 Å². The molecule has 0 spiro atoms. The van der Waals surface area contributed by atoms with E-state index in [0.29, 0.717) is 5.41 Å². The van der Waals surface area contributed by atoms with Crippen LogP contribution in [-0.2, 0) is 5.41 Å². The summed E-state index contributed by atoms with van der Waals surface area (Å²) in [6, 6.07) is 9.69. The maximum Gasteiger partial charge on any atom is 0.0366 e. The van der Waals surface area contributed by atoms with Crippen molar-refractivity contribution in [3.63, 3.8) is 0 Å². The van der Waals surface area contributed by atoms with E-state index in [4.69, 9.17) is 0 Å². The first kappa shape index (κ1) is 13.4. The Morgan fingerprint density at radius 3 is 2.50 bits per heavy atom. The van der Waals surface area contributed by atoms with Crippen LogP contribution in [0.1, 0.15) is 44.1 Å². The Hall–Kier alpha value is -1.02. The van der Waals surface area contributed by atoms with Crippen LogP contribution in [0.5, 0.6) is 0 Å². The van der Waals surface area contributed by atoms with E-state index in [0.717, 1.165) is 11.8 Å². The number of benzene rings is 1. The van der Waals surface area contributed by atoms with E-state index >= 15 is 0 Å². The molecule has 2 heteroatoms. The van der Waals surface area contributed by atoms with Crippen LogP contribution >= 0.6 is 0 Å². The highest BCUT2D eigenvalue weighted by Crippen LogP contribution is 2.59. The Morgan fingerprint density at radius 1 is 1.00 bits per heavy atom. The molecule has 0 unspecified atom stereocenters. The largest absolute Gasteiger partial charge is 0.372 e. The summed E-state index contributed by atoms with van der Waals surface area (Å²) in [6.45, 7) is 6.58. The topological polar surface area (TPSA) is 6.48 Å². The number of anilines is 1. The first-order valence-corrected chi connectivity index (χ1v) is 9.41. The van der Waals surface area contributed by atoms with Crippen LogP contribution in [0.4, 0.5) is 5.69 Å². The van der Waals surface area contributed by atoms with Gasteiger partial charge in [0.25, 0.3) is 0 Å². The SMILES string of the molecule is c1cc([C@@]23C[C@@H]2CN(CC2CC2)C3)ccc1N1CCCCC1. The molecule has 2 aliphatic heterocycles. The number of piperidine rings is 2. The number of nitrogens with zero attached hydrogens (tertiary/aromatic N) is 2. The third-order valence-electron chi connectivity index (χ3n) is 6.59. The fraction of sp³-hybridized carbons (Fsp3) is 0.700.